The largest absolute Gasteiger partial charge is 0.369 e. The number of aromatic nitrogens is 3. The Balaban J connectivity index is 1.47. The zero-order valence-electron chi connectivity index (χ0n) is 15.6. The summed E-state index contributed by atoms with van der Waals surface area (Å²) in [6.45, 7) is 8.17. The van der Waals surface area contributed by atoms with Gasteiger partial charge in [-0.1, -0.05) is 31.5 Å². The second-order valence-corrected chi connectivity index (χ2v) is 6.63. The van der Waals surface area contributed by atoms with Crippen LogP contribution in [0.3, 0.4) is 0 Å². The molecule has 0 radical (unpaired) electrons. The number of para-hydroxylation sites is 1. The summed E-state index contributed by atoms with van der Waals surface area (Å²) in [6.07, 6.45) is 3.02. The van der Waals surface area contributed by atoms with Gasteiger partial charge in [0.05, 0.1) is 0 Å². The smallest absolute Gasteiger partial charge is 0.227 e. The third kappa shape index (κ3) is 5.29. The lowest BCUT2D eigenvalue weighted by Gasteiger charge is -2.36. The number of unbranched alkanes of at least 4 members (excludes halogenated alkanes) is 1. The van der Waals surface area contributed by atoms with Crippen molar-refractivity contribution in [1.82, 2.24) is 19.9 Å². The van der Waals surface area contributed by atoms with Crippen LogP contribution < -0.4 is 16.0 Å². The van der Waals surface area contributed by atoms with Crippen LogP contribution in [0.5, 0.6) is 0 Å². The van der Waals surface area contributed by atoms with Crippen LogP contribution in [-0.2, 0) is 6.42 Å². The van der Waals surface area contributed by atoms with Crippen molar-refractivity contribution < 1.29 is 0 Å². The van der Waals surface area contributed by atoms with Gasteiger partial charge in [-0.2, -0.15) is 15.0 Å². The molecule has 140 valence electrons. The summed E-state index contributed by atoms with van der Waals surface area (Å²) < 4.78 is 0. The molecule has 0 spiro atoms. The van der Waals surface area contributed by atoms with Crippen LogP contribution in [-0.4, -0.2) is 59.1 Å². The highest BCUT2D eigenvalue weighted by Gasteiger charge is 2.17. The minimum Gasteiger partial charge on any atom is -0.369 e. The molecule has 1 aliphatic rings. The molecule has 2 heterocycles. The van der Waals surface area contributed by atoms with Gasteiger partial charge < -0.3 is 16.0 Å². The van der Waals surface area contributed by atoms with Crippen molar-refractivity contribution in [3.63, 3.8) is 0 Å². The molecule has 0 atom stereocenters. The van der Waals surface area contributed by atoms with E-state index in [1.165, 1.54) is 5.69 Å². The highest BCUT2D eigenvalue weighted by atomic mass is 15.3. The summed E-state index contributed by atoms with van der Waals surface area (Å²) in [6, 6.07) is 10.6. The van der Waals surface area contributed by atoms with Gasteiger partial charge in [-0.25, -0.2) is 0 Å². The van der Waals surface area contributed by atoms with Gasteiger partial charge in [0.15, 0.2) is 0 Å². The van der Waals surface area contributed by atoms with Gasteiger partial charge in [0.1, 0.15) is 5.82 Å². The normalized spacial score (nSPS) is 15.2. The highest BCUT2D eigenvalue weighted by Crippen LogP contribution is 2.15. The van der Waals surface area contributed by atoms with E-state index in [4.69, 9.17) is 5.73 Å². The summed E-state index contributed by atoms with van der Waals surface area (Å²) in [5, 5.41) is 3.23. The number of anilines is 3. The minimum absolute atomic E-state index is 0.294. The van der Waals surface area contributed by atoms with Crippen molar-refractivity contribution in [2.45, 2.75) is 26.2 Å². The number of hydrogen-bond donors (Lipinski definition) is 2. The summed E-state index contributed by atoms with van der Waals surface area (Å²) in [5.41, 5.74) is 7.14. The first-order chi connectivity index (χ1) is 12.7. The number of nitrogens with one attached hydrogen (secondary N) is 1. The zero-order valence-corrected chi connectivity index (χ0v) is 15.6. The molecule has 1 fully saturated rings. The van der Waals surface area contributed by atoms with Crippen LogP contribution in [0.25, 0.3) is 0 Å². The van der Waals surface area contributed by atoms with Crippen molar-refractivity contribution in [1.29, 1.82) is 0 Å². The quantitative estimate of drug-likeness (QED) is 0.701. The van der Waals surface area contributed by atoms with Crippen LogP contribution in [0.4, 0.5) is 17.6 Å². The van der Waals surface area contributed by atoms with Crippen molar-refractivity contribution in [3.8, 4) is 0 Å². The number of piperazine rings is 1. The van der Waals surface area contributed by atoms with Gasteiger partial charge in [0.25, 0.3) is 0 Å². The van der Waals surface area contributed by atoms with Gasteiger partial charge in [0, 0.05) is 51.4 Å². The van der Waals surface area contributed by atoms with E-state index in [1.54, 1.807) is 0 Å². The Bertz CT molecular complexity index is 669. The maximum absolute atomic E-state index is 5.83. The molecule has 7 heteroatoms. The minimum atomic E-state index is 0.294. The molecular weight excluding hydrogens is 326 g/mol. The maximum atomic E-state index is 5.83. The lowest BCUT2D eigenvalue weighted by Crippen LogP contribution is -2.47. The van der Waals surface area contributed by atoms with Crippen molar-refractivity contribution >= 4 is 17.6 Å². The Morgan fingerprint density at radius 1 is 1.04 bits per heavy atom. The number of nitrogen functional groups attached to an aromatic ring is 1. The second kappa shape index (κ2) is 9.33. The van der Waals surface area contributed by atoms with Gasteiger partial charge in [-0.3, -0.25) is 4.90 Å². The Labute approximate surface area is 155 Å². The van der Waals surface area contributed by atoms with Crippen LogP contribution >= 0.6 is 0 Å². The average molecular weight is 355 g/mol. The molecule has 1 aliphatic heterocycles. The first-order valence-electron chi connectivity index (χ1n) is 9.51. The van der Waals surface area contributed by atoms with E-state index in [1.807, 2.05) is 0 Å². The molecule has 2 aromatic rings. The molecule has 0 bridgehead atoms. The lowest BCUT2D eigenvalue weighted by atomic mass is 10.2. The maximum Gasteiger partial charge on any atom is 0.227 e. The summed E-state index contributed by atoms with van der Waals surface area (Å²) >= 11 is 0. The number of nitrogens with zero attached hydrogens (tertiary/aromatic N) is 5. The average Bonchev–Trinajstić information content (AvgIpc) is 2.67. The molecule has 26 heavy (non-hydrogen) atoms. The lowest BCUT2D eigenvalue weighted by molar-refractivity contribution is 0.259. The zero-order chi connectivity index (χ0) is 18.2. The molecule has 3 rings (SSSR count). The van der Waals surface area contributed by atoms with E-state index in [-0.39, 0.29) is 0 Å². The Kier molecular flexibility index (Phi) is 6.60. The van der Waals surface area contributed by atoms with Crippen LogP contribution in [0.15, 0.2) is 30.3 Å². The fraction of sp³-hybridized carbons (Fsp3) is 0.526. The van der Waals surface area contributed by atoms with Gasteiger partial charge in [-0.05, 0) is 18.6 Å². The summed E-state index contributed by atoms with van der Waals surface area (Å²) in [4.78, 5) is 17.9. The first kappa shape index (κ1) is 18.4. The van der Waals surface area contributed by atoms with Crippen molar-refractivity contribution in [2.75, 3.05) is 55.2 Å². The number of nitrogens with two attached hydrogens (primary N) is 1. The van der Waals surface area contributed by atoms with Crippen LogP contribution in [0, 0.1) is 0 Å². The molecule has 0 amide bonds. The van der Waals surface area contributed by atoms with E-state index < -0.39 is 0 Å². The van der Waals surface area contributed by atoms with Crippen LogP contribution in [0.1, 0.15) is 25.6 Å². The second-order valence-electron chi connectivity index (χ2n) is 6.63. The molecule has 1 aromatic heterocycles. The molecule has 0 unspecified atom stereocenters. The Morgan fingerprint density at radius 3 is 2.54 bits per heavy atom. The van der Waals surface area contributed by atoms with Crippen LogP contribution in [0.2, 0.25) is 0 Å². The molecule has 7 nitrogen and oxygen atoms in total. The predicted molar refractivity (Wildman–Crippen MR) is 106 cm³/mol. The third-order valence-corrected chi connectivity index (χ3v) is 4.66. The molecule has 1 saturated heterocycles. The van der Waals surface area contributed by atoms with Gasteiger partial charge in [-0.15, -0.1) is 0 Å². The molecule has 0 aliphatic carbocycles. The Hall–Kier alpha value is -2.41. The third-order valence-electron chi connectivity index (χ3n) is 4.66. The number of hydrogen-bond acceptors (Lipinski definition) is 7. The fourth-order valence-electron chi connectivity index (χ4n) is 3.13. The molecular formula is C19H29N7. The first-order valence-corrected chi connectivity index (χ1v) is 9.51. The topological polar surface area (TPSA) is 83.2 Å². The standard InChI is InChI=1S/C19H29N7/c1-2-3-10-21-19-23-17(22-18(20)24-19)9-11-25-12-14-26(15-13-25)16-7-5-4-6-8-16/h4-8H,2-3,9-15H2,1H3,(H3,20,21,22,23,24). The highest BCUT2D eigenvalue weighted by molar-refractivity contribution is 5.46. The molecule has 3 N–H and O–H groups in total. The van der Waals surface area contributed by atoms with E-state index in [0.29, 0.717) is 11.9 Å². The predicted octanol–water partition coefficient (Wildman–Crippen LogP) is 2.03. The van der Waals surface area contributed by atoms with Crippen molar-refractivity contribution in [3.05, 3.63) is 36.2 Å². The van der Waals surface area contributed by atoms with E-state index in [2.05, 4.69) is 67.3 Å². The number of benzene rings is 1. The Morgan fingerprint density at radius 2 is 1.81 bits per heavy atom. The fourth-order valence-corrected chi connectivity index (χ4v) is 3.13. The van der Waals surface area contributed by atoms with E-state index in [9.17, 15) is 0 Å². The molecule has 0 saturated carbocycles. The summed E-state index contributed by atoms with van der Waals surface area (Å²) in [5.74, 6) is 1.65. The van der Waals surface area contributed by atoms with Gasteiger partial charge >= 0.3 is 0 Å². The van der Waals surface area contributed by atoms with Crippen molar-refractivity contribution in [2.24, 2.45) is 0 Å². The molecule has 1 aromatic carbocycles. The monoisotopic (exact) mass is 355 g/mol. The summed E-state index contributed by atoms with van der Waals surface area (Å²) in [7, 11) is 0. The SMILES string of the molecule is CCCCNc1nc(N)nc(CCN2CCN(c3ccccc3)CC2)n1. The van der Waals surface area contributed by atoms with E-state index >= 15 is 0 Å². The van der Waals surface area contributed by atoms with Gasteiger partial charge in [0.2, 0.25) is 11.9 Å². The van der Waals surface area contributed by atoms with E-state index in [0.717, 1.165) is 64.4 Å². The number of rotatable bonds is 8.